The van der Waals surface area contributed by atoms with Crippen LogP contribution >= 0.6 is 0 Å². The van der Waals surface area contributed by atoms with E-state index in [0.717, 1.165) is 11.1 Å². The van der Waals surface area contributed by atoms with E-state index in [2.05, 4.69) is 11.3 Å². The molecule has 0 heterocycles. The zero-order valence-corrected chi connectivity index (χ0v) is 12.1. The first-order chi connectivity index (χ1) is 8.16. The summed E-state index contributed by atoms with van der Waals surface area (Å²) in [5.41, 5.74) is 9.37. The van der Waals surface area contributed by atoms with Gasteiger partial charge in [-0.25, -0.2) is 13.1 Å². The van der Waals surface area contributed by atoms with Crippen molar-refractivity contribution in [3.8, 4) is 0 Å². The number of sulfonamides is 1. The van der Waals surface area contributed by atoms with Gasteiger partial charge >= 0.3 is 0 Å². The Hall–Kier alpha value is -1.33. The molecule has 0 saturated carbocycles. The van der Waals surface area contributed by atoms with Crippen LogP contribution in [-0.4, -0.2) is 15.0 Å². The zero-order valence-electron chi connectivity index (χ0n) is 11.3. The van der Waals surface area contributed by atoms with Crippen LogP contribution in [0.1, 0.15) is 23.6 Å². The smallest absolute Gasteiger partial charge is 0.241 e. The third-order valence-electron chi connectivity index (χ3n) is 2.79. The molecule has 18 heavy (non-hydrogen) atoms. The van der Waals surface area contributed by atoms with Gasteiger partial charge in [0.2, 0.25) is 10.0 Å². The number of hydrogen-bond donors (Lipinski definition) is 2. The quantitative estimate of drug-likeness (QED) is 0.648. The van der Waals surface area contributed by atoms with Crippen LogP contribution in [0.2, 0.25) is 0 Å². The standard InChI is InChI=1S/C13H20N2O2S/c1-8(2)7-15-18(16,17)13-10(4)6-9(3)12(14)11(13)5/h6,15H,1,7,14H2,2-5H3. The summed E-state index contributed by atoms with van der Waals surface area (Å²) in [5, 5.41) is 0. The molecule has 0 bridgehead atoms. The maximum Gasteiger partial charge on any atom is 0.241 e. The maximum absolute atomic E-state index is 12.2. The van der Waals surface area contributed by atoms with Crippen LogP contribution in [0.25, 0.3) is 0 Å². The van der Waals surface area contributed by atoms with Crippen molar-refractivity contribution in [3.05, 3.63) is 34.9 Å². The molecule has 1 aromatic rings. The van der Waals surface area contributed by atoms with Crippen LogP contribution < -0.4 is 10.5 Å². The second kappa shape index (κ2) is 5.12. The van der Waals surface area contributed by atoms with Gasteiger partial charge in [-0.15, -0.1) is 0 Å². The van der Waals surface area contributed by atoms with E-state index in [1.54, 1.807) is 26.8 Å². The normalized spacial score (nSPS) is 11.6. The molecule has 100 valence electrons. The van der Waals surface area contributed by atoms with Crippen molar-refractivity contribution in [2.75, 3.05) is 12.3 Å². The van der Waals surface area contributed by atoms with E-state index in [9.17, 15) is 8.42 Å². The van der Waals surface area contributed by atoms with Gasteiger partial charge in [-0.1, -0.05) is 18.2 Å². The highest BCUT2D eigenvalue weighted by molar-refractivity contribution is 7.89. The van der Waals surface area contributed by atoms with Gasteiger partial charge in [-0.05, 0) is 44.4 Å². The van der Waals surface area contributed by atoms with Gasteiger partial charge in [0.05, 0.1) is 4.90 Å². The van der Waals surface area contributed by atoms with E-state index in [4.69, 9.17) is 5.73 Å². The van der Waals surface area contributed by atoms with Crippen LogP contribution in [0.3, 0.4) is 0 Å². The van der Waals surface area contributed by atoms with E-state index >= 15 is 0 Å². The third-order valence-corrected chi connectivity index (χ3v) is 4.48. The summed E-state index contributed by atoms with van der Waals surface area (Å²) in [7, 11) is -3.55. The van der Waals surface area contributed by atoms with E-state index in [1.807, 2.05) is 6.92 Å². The summed E-state index contributed by atoms with van der Waals surface area (Å²) in [5.74, 6) is 0. The molecule has 0 unspecified atom stereocenters. The first-order valence-electron chi connectivity index (χ1n) is 5.67. The van der Waals surface area contributed by atoms with Gasteiger partial charge < -0.3 is 5.73 Å². The van der Waals surface area contributed by atoms with Crippen LogP contribution in [0.15, 0.2) is 23.1 Å². The molecule has 1 rings (SSSR count). The topological polar surface area (TPSA) is 72.2 Å². The van der Waals surface area contributed by atoms with Crippen molar-refractivity contribution in [1.82, 2.24) is 4.72 Å². The number of benzene rings is 1. The lowest BCUT2D eigenvalue weighted by Crippen LogP contribution is -2.27. The molecule has 0 aliphatic carbocycles. The van der Waals surface area contributed by atoms with Gasteiger partial charge in [0.25, 0.3) is 0 Å². The summed E-state index contributed by atoms with van der Waals surface area (Å²) < 4.78 is 27.0. The Morgan fingerprint density at radius 1 is 1.33 bits per heavy atom. The number of hydrogen-bond acceptors (Lipinski definition) is 3. The molecule has 0 saturated heterocycles. The molecule has 1 aromatic carbocycles. The number of nitrogens with one attached hydrogen (secondary N) is 1. The predicted molar refractivity (Wildman–Crippen MR) is 75.1 cm³/mol. The minimum absolute atomic E-state index is 0.231. The Morgan fingerprint density at radius 3 is 2.39 bits per heavy atom. The minimum atomic E-state index is -3.55. The molecule has 0 aromatic heterocycles. The van der Waals surface area contributed by atoms with Crippen molar-refractivity contribution < 1.29 is 8.42 Å². The van der Waals surface area contributed by atoms with Crippen molar-refractivity contribution in [2.24, 2.45) is 0 Å². The fraction of sp³-hybridized carbons (Fsp3) is 0.385. The molecule has 5 heteroatoms. The first kappa shape index (κ1) is 14.7. The van der Waals surface area contributed by atoms with Gasteiger partial charge in [-0.2, -0.15) is 0 Å². The molecule has 0 spiro atoms. The lowest BCUT2D eigenvalue weighted by atomic mass is 10.1. The van der Waals surface area contributed by atoms with Gasteiger partial charge in [0, 0.05) is 12.2 Å². The van der Waals surface area contributed by atoms with Crippen LogP contribution in [-0.2, 0) is 10.0 Å². The molecule has 0 aliphatic heterocycles. The molecule has 3 N–H and O–H groups in total. The molecular formula is C13H20N2O2S. The summed E-state index contributed by atoms with van der Waals surface area (Å²) in [6, 6.07) is 1.79. The zero-order chi connectivity index (χ0) is 14.1. The third kappa shape index (κ3) is 2.91. The Bertz CT molecular complexity index is 589. The second-order valence-corrected chi connectivity index (χ2v) is 6.36. The average molecular weight is 268 g/mol. The lowest BCUT2D eigenvalue weighted by Gasteiger charge is -2.15. The highest BCUT2D eigenvalue weighted by Gasteiger charge is 2.21. The SMILES string of the molecule is C=C(C)CNS(=O)(=O)c1c(C)cc(C)c(N)c1C. The van der Waals surface area contributed by atoms with E-state index in [-0.39, 0.29) is 11.4 Å². The van der Waals surface area contributed by atoms with Crippen LogP contribution in [0, 0.1) is 20.8 Å². The fourth-order valence-corrected chi connectivity index (χ4v) is 3.46. The lowest BCUT2D eigenvalue weighted by molar-refractivity contribution is 0.583. The van der Waals surface area contributed by atoms with Crippen molar-refractivity contribution >= 4 is 15.7 Å². The largest absolute Gasteiger partial charge is 0.398 e. The summed E-state index contributed by atoms with van der Waals surface area (Å²) in [4.78, 5) is 0.270. The Morgan fingerprint density at radius 2 is 1.89 bits per heavy atom. The van der Waals surface area contributed by atoms with Gasteiger partial charge in [0.15, 0.2) is 0 Å². The number of nitrogens with two attached hydrogens (primary N) is 1. The molecule has 0 atom stereocenters. The highest BCUT2D eigenvalue weighted by Crippen LogP contribution is 2.27. The van der Waals surface area contributed by atoms with Gasteiger partial charge in [-0.3, -0.25) is 0 Å². The minimum Gasteiger partial charge on any atom is -0.398 e. The molecule has 0 radical (unpaired) electrons. The highest BCUT2D eigenvalue weighted by atomic mass is 32.2. The van der Waals surface area contributed by atoms with Crippen LogP contribution in [0.4, 0.5) is 5.69 Å². The number of nitrogen functional groups attached to an aromatic ring is 1. The molecule has 0 amide bonds. The van der Waals surface area contributed by atoms with E-state index in [0.29, 0.717) is 16.8 Å². The van der Waals surface area contributed by atoms with E-state index in [1.165, 1.54) is 0 Å². The summed E-state index contributed by atoms with van der Waals surface area (Å²) in [6.07, 6.45) is 0. The van der Waals surface area contributed by atoms with Crippen molar-refractivity contribution in [3.63, 3.8) is 0 Å². The summed E-state index contributed by atoms with van der Waals surface area (Å²) >= 11 is 0. The van der Waals surface area contributed by atoms with Gasteiger partial charge in [0.1, 0.15) is 0 Å². The second-order valence-electron chi connectivity index (χ2n) is 4.66. The number of aryl methyl sites for hydroxylation is 2. The Labute approximate surface area is 109 Å². The van der Waals surface area contributed by atoms with Crippen molar-refractivity contribution in [2.45, 2.75) is 32.6 Å². The Balaban J connectivity index is 3.33. The molecular weight excluding hydrogens is 248 g/mol. The first-order valence-corrected chi connectivity index (χ1v) is 7.15. The number of rotatable bonds is 4. The average Bonchev–Trinajstić information content (AvgIpc) is 2.23. The number of anilines is 1. The molecule has 4 nitrogen and oxygen atoms in total. The molecule has 0 fully saturated rings. The Kier molecular flexibility index (Phi) is 4.19. The van der Waals surface area contributed by atoms with Crippen LogP contribution in [0.5, 0.6) is 0 Å². The predicted octanol–water partition coefficient (Wildman–Crippen LogP) is 2.05. The summed E-state index contributed by atoms with van der Waals surface area (Å²) in [6.45, 7) is 11.0. The van der Waals surface area contributed by atoms with Crippen molar-refractivity contribution in [1.29, 1.82) is 0 Å². The fourth-order valence-electron chi connectivity index (χ4n) is 1.89. The molecule has 0 aliphatic rings. The maximum atomic E-state index is 12.2. The monoisotopic (exact) mass is 268 g/mol. The van der Waals surface area contributed by atoms with E-state index < -0.39 is 10.0 Å².